The second-order valence-corrected chi connectivity index (χ2v) is 9.53. The number of nitrogens with one attached hydrogen (secondary N) is 3. The van der Waals surface area contributed by atoms with Crippen molar-refractivity contribution in [3.8, 4) is 17.0 Å². The van der Waals surface area contributed by atoms with E-state index in [1.807, 2.05) is 6.92 Å². The maximum atomic E-state index is 13.1. The third-order valence-corrected chi connectivity index (χ3v) is 7.35. The highest BCUT2D eigenvalue weighted by molar-refractivity contribution is 5.98. The van der Waals surface area contributed by atoms with Gasteiger partial charge in [0.25, 0.3) is 6.43 Å². The molecule has 12 heteroatoms. The molecule has 4 aromatic heterocycles. The third-order valence-electron chi connectivity index (χ3n) is 7.35. The predicted octanol–water partition coefficient (Wildman–Crippen LogP) is 3.42. The van der Waals surface area contributed by atoms with E-state index in [0.717, 1.165) is 18.4 Å². The van der Waals surface area contributed by atoms with Gasteiger partial charge in [-0.3, -0.25) is 4.79 Å². The van der Waals surface area contributed by atoms with E-state index in [4.69, 9.17) is 4.74 Å². The van der Waals surface area contributed by atoms with Crippen LogP contribution < -0.4 is 15.4 Å². The number of aryl methyl sites for hydroxylation is 1. The van der Waals surface area contributed by atoms with Gasteiger partial charge in [0.1, 0.15) is 11.5 Å². The number of hydrogen-bond donors (Lipinski definition) is 3. The Morgan fingerprint density at radius 1 is 1.33 bits per heavy atom. The summed E-state index contributed by atoms with van der Waals surface area (Å²) in [5.41, 5.74) is 2.92. The fourth-order valence-corrected chi connectivity index (χ4v) is 5.42. The van der Waals surface area contributed by atoms with Crippen molar-refractivity contribution in [2.24, 2.45) is 5.92 Å². The SMILES string of the molecule is CCC(=O)N[C@@]12CC1[C@@H](Nc1nc(OC)c3c(-c4cnc5nc(C)n(CC(F)F)c5c4)c[nH]c3n1)C2. The van der Waals surface area contributed by atoms with Crippen molar-refractivity contribution in [1.82, 2.24) is 34.8 Å². The van der Waals surface area contributed by atoms with E-state index >= 15 is 0 Å². The molecule has 2 fully saturated rings. The molecule has 2 saturated carbocycles. The molecule has 4 aromatic rings. The van der Waals surface area contributed by atoms with Crippen molar-refractivity contribution in [2.75, 3.05) is 12.4 Å². The van der Waals surface area contributed by atoms with Crippen molar-refractivity contribution in [2.45, 2.75) is 57.7 Å². The molecule has 36 heavy (non-hydrogen) atoms. The van der Waals surface area contributed by atoms with E-state index < -0.39 is 13.0 Å². The topological polar surface area (TPSA) is 123 Å². The number of pyridine rings is 1. The maximum Gasteiger partial charge on any atom is 0.256 e. The third kappa shape index (κ3) is 3.54. The molecule has 2 aliphatic rings. The molecule has 0 spiro atoms. The van der Waals surface area contributed by atoms with Gasteiger partial charge in [-0.25, -0.2) is 18.7 Å². The van der Waals surface area contributed by atoms with Gasteiger partial charge < -0.3 is 24.9 Å². The summed E-state index contributed by atoms with van der Waals surface area (Å²) in [6.07, 6.45) is 3.21. The number of alkyl halides is 2. The Balaban J connectivity index is 1.30. The minimum absolute atomic E-state index is 0.0701. The first kappa shape index (κ1) is 22.6. The van der Waals surface area contributed by atoms with Gasteiger partial charge in [0.15, 0.2) is 5.65 Å². The van der Waals surface area contributed by atoms with E-state index in [2.05, 4.69) is 35.6 Å². The number of H-pyrrole nitrogens is 1. The number of fused-ring (bicyclic) bond motifs is 3. The molecule has 188 valence electrons. The van der Waals surface area contributed by atoms with Gasteiger partial charge in [0.2, 0.25) is 17.7 Å². The number of hydrogen-bond acceptors (Lipinski definition) is 7. The molecule has 3 N–H and O–H groups in total. The summed E-state index contributed by atoms with van der Waals surface area (Å²) in [5, 5.41) is 7.19. The van der Waals surface area contributed by atoms with Crippen LogP contribution in [0.3, 0.4) is 0 Å². The van der Waals surface area contributed by atoms with Crippen LogP contribution in [0.4, 0.5) is 14.7 Å². The number of carbonyl (C=O) groups excluding carboxylic acids is 1. The Morgan fingerprint density at radius 2 is 2.17 bits per heavy atom. The van der Waals surface area contributed by atoms with Crippen LogP contribution in [-0.2, 0) is 11.3 Å². The van der Waals surface area contributed by atoms with Crippen LogP contribution in [0.2, 0.25) is 0 Å². The molecule has 6 rings (SSSR count). The van der Waals surface area contributed by atoms with Crippen LogP contribution in [0.25, 0.3) is 33.3 Å². The highest BCUT2D eigenvalue weighted by Crippen LogP contribution is 2.60. The zero-order valence-electron chi connectivity index (χ0n) is 20.1. The van der Waals surface area contributed by atoms with Gasteiger partial charge in [-0.2, -0.15) is 9.97 Å². The Kier molecular flexibility index (Phi) is 5.09. The van der Waals surface area contributed by atoms with Gasteiger partial charge in [-0.05, 0) is 25.8 Å². The van der Waals surface area contributed by atoms with Gasteiger partial charge in [-0.1, -0.05) is 6.92 Å². The van der Waals surface area contributed by atoms with Gasteiger partial charge in [0, 0.05) is 47.4 Å². The highest BCUT2D eigenvalue weighted by atomic mass is 19.3. The first-order chi connectivity index (χ1) is 17.3. The molecule has 2 aliphatic carbocycles. The predicted molar refractivity (Wildman–Crippen MR) is 129 cm³/mol. The largest absolute Gasteiger partial charge is 0.480 e. The van der Waals surface area contributed by atoms with E-state index in [1.54, 1.807) is 32.5 Å². The number of amides is 1. The molecule has 4 heterocycles. The van der Waals surface area contributed by atoms with Gasteiger partial charge in [-0.15, -0.1) is 0 Å². The standard InChI is InChI=1S/C24H26F2N8O2/c1-4-18(35)33-24-6-14(24)15(7-24)30-23-31-21-19(22(32-23)36-3)13(9-28-21)12-5-16-20(27-8-12)29-11(2)34(16)10-17(25)26/h5,8-9,14-15,17H,4,6-7,10H2,1-3H3,(H,33,35)(H2,28,30,31,32)/t14?,15-,24+/m0/s1. The van der Waals surface area contributed by atoms with Crippen LogP contribution in [0, 0.1) is 12.8 Å². The fraction of sp³-hybridized carbons (Fsp3) is 0.458. The molecule has 0 bridgehead atoms. The van der Waals surface area contributed by atoms with Crippen molar-refractivity contribution in [3.63, 3.8) is 0 Å². The lowest BCUT2D eigenvalue weighted by molar-refractivity contribution is -0.122. The Labute approximate surface area is 204 Å². The van der Waals surface area contributed by atoms with Crippen molar-refractivity contribution >= 4 is 34.1 Å². The van der Waals surface area contributed by atoms with E-state index in [-0.39, 0.29) is 17.5 Å². The number of carbonyl (C=O) groups is 1. The fourth-order valence-electron chi connectivity index (χ4n) is 5.42. The van der Waals surface area contributed by atoms with Crippen LogP contribution in [0.5, 0.6) is 5.88 Å². The molecular formula is C24H26F2N8O2. The van der Waals surface area contributed by atoms with Crippen molar-refractivity contribution < 1.29 is 18.3 Å². The Hall–Kier alpha value is -3.83. The van der Waals surface area contributed by atoms with Crippen LogP contribution in [-0.4, -0.2) is 60.5 Å². The van der Waals surface area contributed by atoms with E-state index in [0.29, 0.717) is 57.8 Å². The highest BCUT2D eigenvalue weighted by Gasteiger charge is 2.68. The number of anilines is 1. The molecule has 10 nitrogen and oxygen atoms in total. The molecule has 0 saturated heterocycles. The normalized spacial score (nSPS) is 22.5. The quantitative estimate of drug-likeness (QED) is 0.342. The number of nitrogens with zero attached hydrogens (tertiary/aromatic N) is 5. The smallest absolute Gasteiger partial charge is 0.256 e. The average molecular weight is 497 g/mol. The first-order valence-electron chi connectivity index (χ1n) is 11.9. The lowest BCUT2D eigenvalue weighted by Crippen LogP contribution is -2.52. The van der Waals surface area contributed by atoms with Gasteiger partial charge in [0.05, 0.1) is 24.6 Å². The molecule has 0 radical (unpaired) electrons. The summed E-state index contributed by atoms with van der Waals surface area (Å²) in [4.78, 5) is 32.9. The summed E-state index contributed by atoms with van der Waals surface area (Å²) in [6, 6.07) is 1.98. The zero-order valence-corrected chi connectivity index (χ0v) is 20.1. The minimum atomic E-state index is -2.50. The van der Waals surface area contributed by atoms with E-state index in [9.17, 15) is 13.6 Å². The van der Waals surface area contributed by atoms with E-state index in [1.165, 1.54) is 4.57 Å². The molecule has 0 aromatic carbocycles. The molecule has 1 amide bonds. The molecule has 3 atom stereocenters. The molecule has 1 unspecified atom stereocenters. The summed E-state index contributed by atoms with van der Waals surface area (Å²) >= 11 is 0. The monoisotopic (exact) mass is 496 g/mol. The van der Waals surface area contributed by atoms with Crippen LogP contribution >= 0.6 is 0 Å². The number of methoxy groups -OCH3 is 1. The Morgan fingerprint density at radius 3 is 2.89 bits per heavy atom. The summed E-state index contributed by atoms with van der Waals surface area (Å²) in [7, 11) is 1.54. The number of aromatic nitrogens is 6. The molecule has 0 aliphatic heterocycles. The molecular weight excluding hydrogens is 470 g/mol. The number of rotatable bonds is 8. The maximum absolute atomic E-state index is 13.1. The van der Waals surface area contributed by atoms with Crippen molar-refractivity contribution in [1.29, 1.82) is 0 Å². The lowest BCUT2D eigenvalue weighted by Gasteiger charge is -2.35. The second kappa shape index (κ2) is 8.10. The van der Waals surface area contributed by atoms with Crippen LogP contribution in [0.1, 0.15) is 32.0 Å². The first-order valence-corrected chi connectivity index (χ1v) is 11.9. The number of imidazole rings is 1. The summed E-state index contributed by atoms with van der Waals surface area (Å²) in [6.45, 7) is 3.09. The van der Waals surface area contributed by atoms with Crippen molar-refractivity contribution in [3.05, 3.63) is 24.3 Å². The Bertz CT molecular complexity index is 1500. The number of halogens is 2. The minimum Gasteiger partial charge on any atom is -0.480 e. The zero-order chi connectivity index (χ0) is 25.2. The lowest BCUT2D eigenvalue weighted by atomic mass is 9.86. The number of ether oxygens (including phenoxy) is 1. The number of aromatic amines is 1. The second-order valence-electron chi connectivity index (χ2n) is 9.53. The average Bonchev–Trinajstić information content (AvgIpc) is 3.11. The van der Waals surface area contributed by atoms with Crippen LogP contribution in [0.15, 0.2) is 18.5 Å². The summed E-state index contributed by atoms with van der Waals surface area (Å²) < 4.78 is 33.3. The van der Waals surface area contributed by atoms with Gasteiger partial charge >= 0.3 is 0 Å². The summed E-state index contributed by atoms with van der Waals surface area (Å²) in [5.74, 6) is 1.76.